The number of anilines is 1. The first-order valence-corrected chi connectivity index (χ1v) is 12.2. The second-order valence-electron chi connectivity index (χ2n) is 8.38. The molecule has 0 amide bonds. The lowest BCUT2D eigenvalue weighted by Crippen LogP contribution is -2.34. The van der Waals surface area contributed by atoms with Crippen molar-refractivity contribution >= 4 is 24.0 Å². The lowest BCUT2D eigenvalue weighted by molar-refractivity contribution is -0.150. The number of nitrogens with zero attached hydrogens (tertiary/aromatic N) is 2. The number of aliphatic hydroxyl groups is 2. The topological polar surface area (TPSA) is 120 Å². The molecule has 1 aliphatic rings. The Balaban J connectivity index is 1.64. The zero-order chi connectivity index (χ0) is 24.2. The first-order chi connectivity index (χ1) is 15.8. The van der Waals surface area contributed by atoms with E-state index in [1.807, 2.05) is 0 Å². The van der Waals surface area contributed by atoms with E-state index in [-0.39, 0.29) is 23.6 Å². The molecule has 8 nitrogen and oxygen atoms in total. The molecule has 0 radical (unpaired) electrons. The lowest BCUT2D eigenvalue weighted by Gasteiger charge is -2.18. The number of hydrogen-bond acceptors (Lipinski definition) is 8. The molecular formula is C23H39N3O5S. The van der Waals surface area contributed by atoms with E-state index in [1.54, 1.807) is 0 Å². The number of carbonyl (C=O) groups is 1. The minimum atomic E-state index is -1.26. The van der Waals surface area contributed by atoms with Crippen molar-refractivity contribution in [2.24, 2.45) is 0 Å². The van der Waals surface area contributed by atoms with Gasteiger partial charge in [0.15, 0.2) is 6.23 Å². The minimum Gasteiger partial charge on any atom is -0.463 e. The van der Waals surface area contributed by atoms with Crippen LogP contribution in [0.5, 0.6) is 0 Å². The second kappa shape index (κ2) is 14.6. The van der Waals surface area contributed by atoms with E-state index >= 15 is 0 Å². The van der Waals surface area contributed by atoms with Gasteiger partial charge < -0.3 is 25.4 Å². The molecule has 9 heteroatoms. The minimum absolute atomic E-state index is 0.00123. The predicted octanol–water partition coefficient (Wildman–Crippen LogP) is 4.06. The van der Waals surface area contributed by atoms with E-state index in [0.29, 0.717) is 6.42 Å². The summed E-state index contributed by atoms with van der Waals surface area (Å²) >= 11 is 5.13. The molecule has 2 rings (SSSR count). The van der Waals surface area contributed by atoms with Crippen LogP contribution < -0.4 is 5.73 Å². The van der Waals surface area contributed by atoms with Crippen LogP contribution in [-0.2, 0) is 14.3 Å². The van der Waals surface area contributed by atoms with Crippen LogP contribution in [0.15, 0.2) is 12.3 Å². The first-order valence-electron chi connectivity index (χ1n) is 12.3. The van der Waals surface area contributed by atoms with Gasteiger partial charge >= 0.3 is 5.97 Å². The smallest absolute Gasteiger partial charge is 0.305 e. The fraction of sp³-hybridized carbons (Fsp3) is 0.783. The van der Waals surface area contributed by atoms with Crippen LogP contribution in [0.4, 0.5) is 5.82 Å². The van der Waals surface area contributed by atoms with Gasteiger partial charge in [-0.2, -0.15) is 0 Å². The second-order valence-corrected chi connectivity index (χ2v) is 8.75. The zero-order valence-corrected chi connectivity index (χ0v) is 19.8. The van der Waals surface area contributed by atoms with Gasteiger partial charge in [0.2, 0.25) is 4.77 Å². The Kier molecular flexibility index (Phi) is 11.4. The molecule has 0 aliphatic carbocycles. The molecule has 32 heavy (non-hydrogen) atoms. The Bertz CT molecular complexity index is 781. The summed E-state index contributed by atoms with van der Waals surface area (Å²) in [6, 6.07) is 1.51. The third kappa shape index (κ3) is 8.77. The fourth-order valence-electron chi connectivity index (χ4n) is 3.77. The Morgan fingerprint density at radius 3 is 2.44 bits per heavy atom. The molecule has 0 aromatic carbocycles. The summed E-state index contributed by atoms with van der Waals surface area (Å²) < 4.78 is 20.5. The van der Waals surface area contributed by atoms with Crippen molar-refractivity contribution in [2.75, 3.05) is 12.3 Å². The highest BCUT2D eigenvalue weighted by Crippen LogP contribution is 2.30. The van der Waals surface area contributed by atoms with Crippen molar-refractivity contribution in [3.05, 3.63) is 17.0 Å². The standard InChI is InChI=1S/C23H39N3O5S/c1-2-3-4-5-6-7-8-9-10-11-12-13-19(27)30-16-17-20(28)21(29)22(31-17)26-15-14-18(24)25-23(26)32/h14-15,17,20-22,28-29H,2-13,16H2,1H3,(H2,24,25,32)/t17-,20-,21+,22?/m1/s1/i12D/t12?,17-,20-,21+,22?. The fourth-order valence-corrected chi connectivity index (χ4v) is 4.04. The molecule has 1 aromatic rings. The van der Waals surface area contributed by atoms with Crippen molar-refractivity contribution in [1.82, 2.24) is 9.55 Å². The van der Waals surface area contributed by atoms with Crippen LogP contribution in [0.3, 0.4) is 0 Å². The number of aliphatic hydroxyl groups excluding tert-OH is 2. The van der Waals surface area contributed by atoms with E-state index in [1.165, 1.54) is 61.8 Å². The Labute approximate surface area is 197 Å². The molecule has 1 aromatic heterocycles. The van der Waals surface area contributed by atoms with Gasteiger partial charge in [-0.25, -0.2) is 4.98 Å². The molecule has 5 atom stereocenters. The summed E-state index contributed by atoms with van der Waals surface area (Å²) in [6.07, 6.45) is 8.23. The normalized spacial score (nSPS) is 24.3. The largest absolute Gasteiger partial charge is 0.463 e. The Hall–Kier alpha value is -1.55. The summed E-state index contributed by atoms with van der Waals surface area (Å²) in [4.78, 5) is 16.1. The highest BCUT2D eigenvalue weighted by atomic mass is 32.1. The van der Waals surface area contributed by atoms with Gasteiger partial charge in [-0.3, -0.25) is 9.36 Å². The van der Waals surface area contributed by atoms with Crippen molar-refractivity contribution < 1.29 is 25.9 Å². The number of ether oxygens (including phenoxy) is 2. The van der Waals surface area contributed by atoms with Gasteiger partial charge in [0, 0.05) is 14.0 Å². The molecule has 0 spiro atoms. The van der Waals surface area contributed by atoms with E-state index in [4.69, 9.17) is 28.8 Å². The van der Waals surface area contributed by atoms with Gasteiger partial charge in [0.05, 0.1) is 0 Å². The molecule has 2 unspecified atom stereocenters. The van der Waals surface area contributed by atoms with Crippen LogP contribution in [0, 0.1) is 4.77 Å². The Morgan fingerprint density at radius 1 is 1.19 bits per heavy atom. The van der Waals surface area contributed by atoms with Crippen LogP contribution >= 0.6 is 12.2 Å². The summed E-state index contributed by atoms with van der Waals surface area (Å²) in [7, 11) is 0. The number of nitrogen functional groups attached to an aromatic ring is 1. The summed E-state index contributed by atoms with van der Waals surface area (Å²) in [5.41, 5.74) is 5.59. The van der Waals surface area contributed by atoms with Gasteiger partial charge in [-0.1, -0.05) is 71.1 Å². The average Bonchev–Trinajstić information content (AvgIpc) is 3.05. The van der Waals surface area contributed by atoms with Crippen molar-refractivity contribution in [1.29, 1.82) is 0 Å². The molecule has 0 saturated carbocycles. The first kappa shape index (κ1) is 25.1. The molecule has 1 fully saturated rings. The molecule has 182 valence electrons. The van der Waals surface area contributed by atoms with Gasteiger partial charge in [-0.05, 0) is 24.7 Å². The molecule has 1 saturated heterocycles. The molecule has 0 bridgehead atoms. The van der Waals surface area contributed by atoms with Gasteiger partial charge in [0.25, 0.3) is 0 Å². The number of esters is 1. The van der Waals surface area contributed by atoms with Crippen LogP contribution in [0.2, 0.25) is 0 Å². The van der Waals surface area contributed by atoms with E-state index in [2.05, 4.69) is 11.9 Å². The van der Waals surface area contributed by atoms with Crippen LogP contribution in [-0.4, -0.2) is 50.7 Å². The maximum absolute atomic E-state index is 12.1. The van der Waals surface area contributed by atoms with E-state index < -0.39 is 36.9 Å². The SMILES string of the molecule is [2H]C(CCCCCCCCCCC)CC(=O)OC[C@H]1OC(n2ccc(N)nc2=S)[C@@H](O)[C@@H]1O. The highest BCUT2D eigenvalue weighted by molar-refractivity contribution is 7.71. The third-order valence-electron chi connectivity index (χ3n) is 5.69. The van der Waals surface area contributed by atoms with Crippen LogP contribution in [0.25, 0.3) is 0 Å². The molecule has 1 aliphatic heterocycles. The number of unbranched alkanes of at least 4 members (excludes halogenated alkanes) is 8. The zero-order valence-electron chi connectivity index (χ0n) is 20.0. The lowest BCUT2D eigenvalue weighted by atomic mass is 10.1. The number of nitrogens with two attached hydrogens (primary N) is 1. The van der Waals surface area contributed by atoms with Gasteiger partial charge in [-0.15, -0.1) is 0 Å². The highest BCUT2D eigenvalue weighted by Gasteiger charge is 2.44. The van der Waals surface area contributed by atoms with E-state index in [9.17, 15) is 15.0 Å². The van der Waals surface area contributed by atoms with Crippen molar-refractivity contribution in [3.63, 3.8) is 0 Å². The molecule has 2 heterocycles. The molecular weight excluding hydrogens is 430 g/mol. The summed E-state index contributed by atoms with van der Waals surface area (Å²) in [5, 5.41) is 20.6. The van der Waals surface area contributed by atoms with Crippen molar-refractivity contribution in [3.8, 4) is 0 Å². The quantitative estimate of drug-likeness (QED) is 0.199. The molecule has 4 N–H and O–H groups in total. The monoisotopic (exact) mass is 470 g/mol. The summed E-state index contributed by atoms with van der Waals surface area (Å²) in [6.45, 7) is 2.00. The Morgan fingerprint density at radius 2 is 1.81 bits per heavy atom. The number of rotatable bonds is 15. The number of aromatic nitrogens is 2. The third-order valence-corrected chi connectivity index (χ3v) is 6.00. The van der Waals surface area contributed by atoms with Crippen LogP contribution in [0.1, 0.15) is 91.5 Å². The van der Waals surface area contributed by atoms with Gasteiger partial charge in [0.1, 0.15) is 30.7 Å². The van der Waals surface area contributed by atoms with Crippen molar-refractivity contribution in [2.45, 2.75) is 108 Å². The maximum Gasteiger partial charge on any atom is 0.305 e. The summed E-state index contributed by atoms with van der Waals surface area (Å²) in [5.74, 6) is -0.271. The predicted molar refractivity (Wildman–Crippen MR) is 125 cm³/mol. The number of carbonyl (C=O) groups excluding carboxylic acids is 1. The maximum atomic E-state index is 12.1. The average molecular weight is 471 g/mol. The number of hydrogen-bond donors (Lipinski definition) is 3. The van der Waals surface area contributed by atoms with E-state index in [0.717, 1.165) is 12.8 Å².